The molecule has 0 saturated heterocycles. The zero-order valence-corrected chi connectivity index (χ0v) is 16.9. The maximum absolute atomic E-state index is 12.9. The molecule has 1 N–H and O–H groups in total. The molecule has 0 atom stereocenters. The Morgan fingerprint density at radius 1 is 0.862 bits per heavy atom. The summed E-state index contributed by atoms with van der Waals surface area (Å²) in [6.45, 7) is 3.27. The van der Waals surface area contributed by atoms with Gasteiger partial charge in [0, 0.05) is 16.7 Å². The molecular formula is C23H21NO4S. The van der Waals surface area contributed by atoms with Crippen LogP contribution in [0, 0.1) is 0 Å². The van der Waals surface area contributed by atoms with Gasteiger partial charge in [0.15, 0.2) is 9.84 Å². The van der Waals surface area contributed by atoms with Crippen molar-refractivity contribution >= 4 is 15.7 Å². The zero-order valence-electron chi connectivity index (χ0n) is 16.1. The zero-order chi connectivity index (χ0) is 20.6. The Morgan fingerprint density at radius 3 is 1.90 bits per heavy atom. The molecule has 1 heterocycles. The first-order chi connectivity index (χ1) is 13.9. The topological polar surface area (TPSA) is 72.5 Å². The van der Waals surface area contributed by atoms with Gasteiger partial charge in [0.2, 0.25) is 0 Å². The van der Waals surface area contributed by atoms with Gasteiger partial charge >= 0.3 is 0 Å². The molecule has 148 valence electrons. The second kappa shape index (κ2) is 7.37. The Bertz CT molecular complexity index is 1120. The molecule has 0 bridgehead atoms. The van der Waals surface area contributed by atoms with Crippen molar-refractivity contribution in [3.8, 4) is 11.5 Å². The van der Waals surface area contributed by atoms with Crippen molar-refractivity contribution in [1.82, 2.24) is 5.32 Å². The van der Waals surface area contributed by atoms with Crippen LogP contribution in [-0.2, 0) is 9.84 Å². The highest BCUT2D eigenvalue weighted by Crippen LogP contribution is 2.42. The largest absolute Gasteiger partial charge is 0.457 e. The molecular weight excluding hydrogens is 386 g/mol. The molecule has 29 heavy (non-hydrogen) atoms. The lowest BCUT2D eigenvalue weighted by molar-refractivity contribution is 0.0941. The Kier molecular flexibility index (Phi) is 4.88. The summed E-state index contributed by atoms with van der Waals surface area (Å²) < 4.78 is 30.5. The van der Waals surface area contributed by atoms with Crippen LogP contribution in [0.5, 0.6) is 11.5 Å². The van der Waals surface area contributed by atoms with E-state index < -0.39 is 15.1 Å². The first-order valence-electron chi connectivity index (χ1n) is 9.38. The highest BCUT2D eigenvalue weighted by Gasteiger charge is 2.28. The minimum absolute atomic E-state index is 0.214. The first-order valence-corrected chi connectivity index (χ1v) is 10.9. The monoisotopic (exact) mass is 407 g/mol. The molecule has 1 aliphatic rings. The van der Waals surface area contributed by atoms with Gasteiger partial charge in [0.1, 0.15) is 11.5 Å². The van der Waals surface area contributed by atoms with E-state index in [1.165, 1.54) is 12.1 Å². The molecule has 3 aromatic carbocycles. The maximum atomic E-state index is 12.9. The number of carbonyl (C=O) groups excluding carboxylic acids is 1. The van der Waals surface area contributed by atoms with Crippen molar-refractivity contribution in [3.05, 3.63) is 89.5 Å². The molecule has 0 aliphatic carbocycles. The Balaban J connectivity index is 1.64. The predicted molar refractivity (Wildman–Crippen MR) is 111 cm³/mol. The standard InChI is InChI=1S/C23H21NO4S/c1-15(2)29(26,27)17-13-11-16(12-14-17)23(25)24-22-18-7-3-5-9-20(18)28-21-10-6-4-8-19(21)22/h3-15,22H,1-2H3,(H,24,25). The Labute approximate surface area is 170 Å². The van der Waals surface area contributed by atoms with E-state index in [9.17, 15) is 13.2 Å². The SMILES string of the molecule is CC(C)S(=O)(=O)c1ccc(C(=O)NC2c3ccccc3Oc3ccccc32)cc1. The van der Waals surface area contributed by atoms with Crippen molar-refractivity contribution in [1.29, 1.82) is 0 Å². The number of rotatable bonds is 4. The van der Waals surface area contributed by atoms with Gasteiger partial charge in [-0.25, -0.2) is 8.42 Å². The number of hydrogen-bond donors (Lipinski definition) is 1. The maximum Gasteiger partial charge on any atom is 0.252 e. The number of nitrogens with one attached hydrogen (secondary N) is 1. The summed E-state index contributed by atoms with van der Waals surface area (Å²) in [5.74, 6) is 1.12. The third kappa shape index (κ3) is 3.51. The minimum atomic E-state index is -3.37. The average Bonchev–Trinajstić information content (AvgIpc) is 2.73. The molecule has 1 aliphatic heterocycles. The number of amides is 1. The van der Waals surface area contributed by atoms with Crippen LogP contribution in [-0.4, -0.2) is 19.6 Å². The molecule has 0 radical (unpaired) electrons. The van der Waals surface area contributed by atoms with E-state index in [0.717, 1.165) is 11.1 Å². The predicted octanol–water partition coefficient (Wildman–Crippen LogP) is 4.49. The number of fused-ring (bicyclic) bond motifs is 2. The summed E-state index contributed by atoms with van der Waals surface area (Å²) in [6, 6.07) is 20.9. The van der Waals surface area contributed by atoms with Crippen molar-refractivity contribution in [2.45, 2.75) is 30.0 Å². The van der Waals surface area contributed by atoms with E-state index in [-0.39, 0.29) is 16.8 Å². The van der Waals surface area contributed by atoms with Gasteiger partial charge in [-0.2, -0.15) is 0 Å². The van der Waals surface area contributed by atoms with Crippen molar-refractivity contribution < 1.29 is 17.9 Å². The fraction of sp³-hybridized carbons (Fsp3) is 0.174. The third-order valence-electron chi connectivity index (χ3n) is 5.02. The van der Waals surface area contributed by atoms with E-state index in [4.69, 9.17) is 4.74 Å². The summed E-state index contributed by atoms with van der Waals surface area (Å²) in [4.78, 5) is 13.1. The van der Waals surface area contributed by atoms with Crippen molar-refractivity contribution in [3.63, 3.8) is 0 Å². The van der Waals surface area contributed by atoms with Gasteiger partial charge in [-0.05, 0) is 50.2 Å². The fourth-order valence-electron chi connectivity index (χ4n) is 3.35. The lowest BCUT2D eigenvalue weighted by atomic mass is 9.94. The highest BCUT2D eigenvalue weighted by atomic mass is 32.2. The number of sulfone groups is 1. The second-order valence-electron chi connectivity index (χ2n) is 7.20. The number of ether oxygens (including phenoxy) is 1. The summed E-state index contributed by atoms with van der Waals surface area (Å²) >= 11 is 0. The van der Waals surface area contributed by atoms with Crippen LogP contribution >= 0.6 is 0 Å². The van der Waals surface area contributed by atoms with Crippen molar-refractivity contribution in [2.24, 2.45) is 0 Å². The molecule has 3 aromatic rings. The number of benzene rings is 3. The fourth-order valence-corrected chi connectivity index (χ4v) is 4.41. The normalized spacial score (nSPS) is 13.3. The quantitative estimate of drug-likeness (QED) is 0.691. The van der Waals surface area contributed by atoms with E-state index in [1.54, 1.807) is 26.0 Å². The third-order valence-corrected chi connectivity index (χ3v) is 7.19. The minimum Gasteiger partial charge on any atom is -0.457 e. The summed E-state index contributed by atoms with van der Waals surface area (Å²) in [6.07, 6.45) is 0. The Morgan fingerprint density at radius 2 is 1.38 bits per heavy atom. The summed E-state index contributed by atoms with van der Waals surface area (Å²) in [5, 5.41) is 2.54. The van der Waals surface area contributed by atoms with E-state index >= 15 is 0 Å². The molecule has 5 nitrogen and oxygen atoms in total. The van der Waals surface area contributed by atoms with Crippen LogP contribution in [0.2, 0.25) is 0 Å². The molecule has 0 spiro atoms. The van der Waals surface area contributed by atoms with Crippen molar-refractivity contribution in [2.75, 3.05) is 0 Å². The number of carbonyl (C=O) groups is 1. The van der Waals surface area contributed by atoms with Gasteiger partial charge in [0.25, 0.3) is 5.91 Å². The lowest BCUT2D eigenvalue weighted by Crippen LogP contribution is -2.31. The van der Waals surface area contributed by atoms with Crippen LogP contribution in [0.25, 0.3) is 0 Å². The lowest BCUT2D eigenvalue weighted by Gasteiger charge is -2.28. The van der Waals surface area contributed by atoms with Gasteiger partial charge in [-0.3, -0.25) is 4.79 Å². The molecule has 4 rings (SSSR count). The van der Waals surface area contributed by atoms with Crippen LogP contribution in [0.15, 0.2) is 77.7 Å². The van der Waals surface area contributed by atoms with Crippen LogP contribution in [0.1, 0.15) is 41.4 Å². The summed E-state index contributed by atoms with van der Waals surface area (Å²) in [5.41, 5.74) is 2.14. The van der Waals surface area contributed by atoms with Gasteiger partial charge in [-0.15, -0.1) is 0 Å². The highest BCUT2D eigenvalue weighted by molar-refractivity contribution is 7.92. The molecule has 6 heteroatoms. The smallest absolute Gasteiger partial charge is 0.252 e. The van der Waals surface area contributed by atoms with Crippen LogP contribution < -0.4 is 10.1 Å². The first kappa shape index (κ1) is 19.2. The molecule has 1 amide bonds. The average molecular weight is 407 g/mol. The van der Waals surface area contributed by atoms with Gasteiger partial charge < -0.3 is 10.1 Å². The summed E-state index contributed by atoms with van der Waals surface area (Å²) in [7, 11) is -3.37. The van der Waals surface area contributed by atoms with E-state index in [1.807, 2.05) is 48.5 Å². The van der Waals surface area contributed by atoms with Crippen LogP contribution in [0.4, 0.5) is 0 Å². The number of para-hydroxylation sites is 2. The molecule has 0 aromatic heterocycles. The van der Waals surface area contributed by atoms with E-state index in [0.29, 0.717) is 17.1 Å². The Hall–Kier alpha value is -3.12. The van der Waals surface area contributed by atoms with Gasteiger partial charge in [0.05, 0.1) is 16.2 Å². The molecule has 0 unspecified atom stereocenters. The van der Waals surface area contributed by atoms with E-state index in [2.05, 4.69) is 5.32 Å². The second-order valence-corrected chi connectivity index (χ2v) is 9.71. The molecule has 0 saturated carbocycles. The number of hydrogen-bond acceptors (Lipinski definition) is 4. The molecule has 0 fully saturated rings. The van der Waals surface area contributed by atoms with Gasteiger partial charge in [-0.1, -0.05) is 36.4 Å². The van der Waals surface area contributed by atoms with Crippen LogP contribution in [0.3, 0.4) is 0 Å².